The molecule has 0 unspecified atom stereocenters. The molecule has 1 N–H and O–H groups in total. The van der Waals surface area contributed by atoms with E-state index in [2.05, 4.69) is 0 Å². The van der Waals surface area contributed by atoms with Crippen LogP contribution in [0.15, 0.2) is 29.8 Å². The first kappa shape index (κ1) is 20.0. The standard InChI is InChI=1S/C21H29NO4/c1-2-26-21(25)18(15-17-9-11-19(23)12-10-17)16-20(24)22-13-7-5-3-4-6-8-14-22/h9-12,15,23H,2-8,13-14,16H2,1H3/b18-15+. The topological polar surface area (TPSA) is 66.8 Å². The first-order valence-electron chi connectivity index (χ1n) is 9.54. The van der Waals surface area contributed by atoms with Crippen molar-refractivity contribution in [1.82, 2.24) is 4.90 Å². The number of benzene rings is 1. The van der Waals surface area contributed by atoms with Gasteiger partial charge in [0.25, 0.3) is 0 Å². The highest BCUT2D eigenvalue weighted by Crippen LogP contribution is 2.18. The van der Waals surface area contributed by atoms with Gasteiger partial charge in [-0.3, -0.25) is 4.79 Å². The van der Waals surface area contributed by atoms with E-state index >= 15 is 0 Å². The molecular formula is C21H29NO4. The lowest BCUT2D eigenvalue weighted by Gasteiger charge is -2.22. The highest BCUT2D eigenvalue weighted by atomic mass is 16.5. The molecule has 26 heavy (non-hydrogen) atoms. The predicted molar refractivity (Wildman–Crippen MR) is 102 cm³/mol. The summed E-state index contributed by atoms with van der Waals surface area (Å²) in [6.07, 6.45) is 8.51. The molecule has 1 aromatic carbocycles. The van der Waals surface area contributed by atoms with Crippen LogP contribution in [0.2, 0.25) is 0 Å². The van der Waals surface area contributed by atoms with E-state index in [1.807, 2.05) is 4.90 Å². The van der Waals surface area contributed by atoms with Crippen LogP contribution in [-0.2, 0) is 14.3 Å². The first-order chi connectivity index (χ1) is 12.6. The molecule has 0 radical (unpaired) electrons. The van der Waals surface area contributed by atoms with Crippen molar-refractivity contribution in [2.45, 2.75) is 51.9 Å². The molecule has 1 heterocycles. The van der Waals surface area contributed by atoms with Crippen molar-refractivity contribution < 1.29 is 19.4 Å². The molecule has 2 rings (SSSR count). The number of phenols is 1. The lowest BCUT2D eigenvalue weighted by molar-refractivity contribution is -0.140. The Labute approximate surface area is 155 Å². The fourth-order valence-electron chi connectivity index (χ4n) is 3.13. The number of amides is 1. The number of hydrogen-bond acceptors (Lipinski definition) is 4. The van der Waals surface area contributed by atoms with Crippen LogP contribution in [0.5, 0.6) is 5.75 Å². The number of carbonyl (C=O) groups is 2. The SMILES string of the molecule is CCOC(=O)/C(=C/c1ccc(O)cc1)CC(=O)N1CCCCCCCC1. The summed E-state index contributed by atoms with van der Waals surface area (Å²) in [5.41, 5.74) is 1.10. The first-order valence-corrected chi connectivity index (χ1v) is 9.54. The third-order valence-corrected chi connectivity index (χ3v) is 4.57. The van der Waals surface area contributed by atoms with Crippen molar-refractivity contribution in [3.63, 3.8) is 0 Å². The molecule has 0 atom stereocenters. The molecule has 1 saturated heterocycles. The van der Waals surface area contributed by atoms with Gasteiger partial charge in [0.15, 0.2) is 0 Å². The van der Waals surface area contributed by atoms with E-state index in [1.54, 1.807) is 37.3 Å². The van der Waals surface area contributed by atoms with Gasteiger partial charge >= 0.3 is 5.97 Å². The molecular weight excluding hydrogens is 330 g/mol. The number of esters is 1. The normalized spacial score (nSPS) is 16.3. The molecule has 1 aromatic rings. The Morgan fingerprint density at radius 1 is 1.04 bits per heavy atom. The Hall–Kier alpha value is -2.30. The zero-order chi connectivity index (χ0) is 18.8. The van der Waals surface area contributed by atoms with Gasteiger partial charge < -0.3 is 14.7 Å². The van der Waals surface area contributed by atoms with Gasteiger partial charge in [0.05, 0.1) is 13.0 Å². The van der Waals surface area contributed by atoms with E-state index in [0.29, 0.717) is 5.57 Å². The van der Waals surface area contributed by atoms with Crippen LogP contribution in [0.3, 0.4) is 0 Å². The van der Waals surface area contributed by atoms with E-state index in [4.69, 9.17) is 4.74 Å². The Kier molecular flexibility index (Phi) is 8.19. The molecule has 0 saturated carbocycles. The number of rotatable bonds is 5. The Bertz CT molecular complexity index is 611. The minimum Gasteiger partial charge on any atom is -0.508 e. The number of nitrogens with zero attached hydrogens (tertiary/aromatic N) is 1. The van der Waals surface area contributed by atoms with Crippen LogP contribution in [0.1, 0.15) is 57.4 Å². The number of aromatic hydroxyl groups is 1. The zero-order valence-corrected chi connectivity index (χ0v) is 15.6. The molecule has 5 nitrogen and oxygen atoms in total. The summed E-state index contributed by atoms with van der Waals surface area (Å²) in [5, 5.41) is 9.40. The lowest BCUT2D eigenvalue weighted by Crippen LogP contribution is -2.33. The lowest BCUT2D eigenvalue weighted by atomic mass is 10.1. The predicted octanol–water partition coefficient (Wildman–Crippen LogP) is 3.91. The summed E-state index contributed by atoms with van der Waals surface area (Å²) >= 11 is 0. The van der Waals surface area contributed by atoms with Crippen molar-refractivity contribution in [1.29, 1.82) is 0 Å². The highest BCUT2D eigenvalue weighted by Gasteiger charge is 2.20. The molecule has 142 valence electrons. The summed E-state index contributed by atoms with van der Waals surface area (Å²) in [6, 6.07) is 6.52. The minimum atomic E-state index is -0.460. The average molecular weight is 359 g/mol. The van der Waals surface area contributed by atoms with Crippen molar-refractivity contribution in [2.24, 2.45) is 0 Å². The maximum atomic E-state index is 12.8. The largest absolute Gasteiger partial charge is 0.508 e. The third kappa shape index (κ3) is 6.54. The van der Waals surface area contributed by atoms with E-state index in [0.717, 1.165) is 44.3 Å². The maximum Gasteiger partial charge on any atom is 0.334 e. The Balaban J connectivity index is 2.12. The summed E-state index contributed by atoms with van der Waals surface area (Å²) in [5.74, 6) is -0.323. The van der Waals surface area contributed by atoms with E-state index in [9.17, 15) is 14.7 Å². The second kappa shape index (κ2) is 10.6. The summed E-state index contributed by atoms with van der Waals surface area (Å²) in [4.78, 5) is 27.0. The minimum absolute atomic E-state index is 0.0232. The molecule has 1 amide bonds. The van der Waals surface area contributed by atoms with Gasteiger partial charge in [0, 0.05) is 18.7 Å². The van der Waals surface area contributed by atoms with E-state index in [-0.39, 0.29) is 24.7 Å². The second-order valence-corrected chi connectivity index (χ2v) is 6.66. The number of phenolic OH excluding ortho intramolecular Hbond substituents is 1. The van der Waals surface area contributed by atoms with Gasteiger partial charge in [-0.15, -0.1) is 0 Å². The summed E-state index contributed by atoms with van der Waals surface area (Å²) in [7, 11) is 0. The van der Waals surface area contributed by atoms with Crippen molar-refractivity contribution >= 4 is 18.0 Å². The average Bonchev–Trinajstić information content (AvgIpc) is 2.77. The Morgan fingerprint density at radius 3 is 2.19 bits per heavy atom. The van der Waals surface area contributed by atoms with Gasteiger partial charge in [0.2, 0.25) is 5.91 Å². The molecule has 1 aliphatic rings. The zero-order valence-electron chi connectivity index (χ0n) is 15.6. The summed E-state index contributed by atoms with van der Waals surface area (Å²) in [6.45, 7) is 3.53. The molecule has 1 fully saturated rings. The van der Waals surface area contributed by atoms with Gasteiger partial charge in [-0.2, -0.15) is 0 Å². The number of hydrogen-bond donors (Lipinski definition) is 1. The molecule has 0 aliphatic carbocycles. The van der Waals surface area contributed by atoms with Crippen molar-refractivity contribution in [3.8, 4) is 5.75 Å². The summed E-state index contributed by atoms with van der Waals surface area (Å²) < 4.78 is 5.13. The Morgan fingerprint density at radius 2 is 1.62 bits per heavy atom. The molecule has 0 spiro atoms. The van der Waals surface area contributed by atoms with Crippen LogP contribution in [0.4, 0.5) is 0 Å². The smallest absolute Gasteiger partial charge is 0.334 e. The van der Waals surface area contributed by atoms with Gasteiger partial charge in [-0.05, 0) is 43.5 Å². The van der Waals surface area contributed by atoms with Crippen LogP contribution in [0, 0.1) is 0 Å². The fraction of sp³-hybridized carbons (Fsp3) is 0.524. The maximum absolute atomic E-state index is 12.8. The third-order valence-electron chi connectivity index (χ3n) is 4.57. The van der Waals surface area contributed by atoms with Gasteiger partial charge in [-0.25, -0.2) is 4.79 Å². The van der Waals surface area contributed by atoms with E-state index < -0.39 is 5.97 Å². The fourth-order valence-corrected chi connectivity index (χ4v) is 3.13. The monoisotopic (exact) mass is 359 g/mol. The molecule has 5 heteroatoms. The van der Waals surface area contributed by atoms with Gasteiger partial charge in [0.1, 0.15) is 5.75 Å². The molecule has 1 aliphatic heterocycles. The molecule has 0 bridgehead atoms. The van der Waals surface area contributed by atoms with Crippen molar-refractivity contribution in [2.75, 3.05) is 19.7 Å². The van der Waals surface area contributed by atoms with Crippen LogP contribution in [0.25, 0.3) is 6.08 Å². The van der Waals surface area contributed by atoms with Crippen LogP contribution >= 0.6 is 0 Å². The number of ether oxygens (including phenoxy) is 1. The highest BCUT2D eigenvalue weighted by molar-refractivity contribution is 5.99. The van der Waals surface area contributed by atoms with Crippen LogP contribution in [-0.4, -0.2) is 41.6 Å². The van der Waals surface area contributed by atoms with E-state index in [1.165, 1.54) is 12.8 Å². The van der Waals surface area contributed by atoms with Crippen LogP contribution < -0.4 is 0 Å². The number of carbonyl (C=O) groups excluding carboxylic acids is 2. The quantitative estimate of drug-likeness (QED) is 0.639. The molecule has 0 aromatic heterocycles. The van der Waals surface area contributed by atoms with Crippen molar-refractivity contribution in [3.05, 3.63) is 35.4 Å². The van der Waals surface area contributed by atoms with Gasteiger partial charge in [-0.1, -0.05) is 37.8 Å². The second-order valence-electron chi connectivity index (χ2n) is 6.66.